The summed E-state index contributed by atoms with van der Waals surface area (Å²) in [4.78, 5) is 37.7. The van der Waals surface area contributed by atoms with Crippen LogP contribution in [0, 0.1) is 39.9 Å². The number of Topliss-reactive ketones (excluding diaryl/α,β-unsaturated/α-hetero) is 1. The molecule has 7 aliphatic rings. The van der Waals surface area contributed by atoms with E-state index in [1.807, 2.05) is 13.0 Å². The Morgan fingerprint density at radius 1 is 1.24 bits per heavy atom. The number of methoxy groups -OCH3 is 1. The maximum Gasteiger partial charge on any atom is 0.321 e. The van der Waals surface area contributed by atoms with Crippen molar-refractivity contribution in [1.82, 2.24) is 0 Å². The van der Waals surface area contributed by atoms with Crippen LogP contribution in [0.3, 0.4) is 0 Å². The highest BCUT2D eigenvalue weighted by Gasteiger charge is 2.89. The van der Waals surface area contributed by atoms with E-state index in [2.05, 4.69) is 6.08 Å². The SMILES string of the molecule is COC1=C[C@H]2C(=CCC3C(=O)OC(=O)[C@]32C)[C@]23CC[C@@H]4C[C@]12C3C4=O. The molecule has 1 aliphatic heterocycles. The Balaban J connectivity index is 1.60. The Bertz CT molecular complexity index is 852. The Morgan fingerprint density at radius 3 is 2.80 bits per heavy atom. The van der Waals surface area contributed by atoms with Gasteiger partial charge in [0.2, 0.25) is 0 Å². The first kappa shape index (κ1) is 14.3. The molecule has 5 fully saturated rings. The molecule has 0 aromatic rings. The predicted molar refractivity (Wildman–Crippen MR) is 84.7 cm³/mol. The molecule has 6 aliphatic carbocycles. The minimum Gasteiger partial charge on any atom is -0.501 e. The molecule has 0 aromatic carbocycles. The van der Waals surface area contributed by atoms with Gasteiger partial charge >= 0.3 is 11.9 Å². The first-order valence-corrected chi connectivity index (χ1v) is 9.19. The fourth-order valence-corrected chi connectivity index (χ4v) is 7.47. The minimum absolute atomic E-state index is 0.00877. The molecule has 2 unspecified atom stereocenters. The molecule has 1 saturated heterocycles. The molecule has 4 saturated carbocycles. The van der Waals surface area contributed by atoms with E-state index in [9.17, 15) is 14.4 Å². The fraction of sp³-hybridized carbons (Fsp3) is 0.650. The summed E-state index contributed by atoms with van der Waals surface area (Å²) in [5.74, 6) is -0.0501. The van der Waals surface area contributed by atoms with Crippen molar-refractivity contribution in [1.29, 1.82) is 0 Å². The van der Waals surface area contributed by atoms with Gasteiger partial charge in [0.25, 0.3) is 0 Å². The number of hydrogen-bond donors (Lipinski definition) is 0. The number of allylic oxidation sites excluding steroid dienone is 4. The second-order valence-electron chi connectivity index (χ2n) is 8.87. The number of hydrogen-bond acceptors (Lipinski definition) is 5. The number of fused-ring (bicyclic) bond motifs is 4. The molecule has 130 valence electrons. The summed E-state index contributed by atoms with van der Waals surface area (Å²) in [6, 6.07) is 0. The Morgan fingerprint density at radius 2 is 2.04 bits per heavy atom. The Hall–Kier alpha value is -1.91. The van der Waals surface area contributed by atoms with Crippen LogP contribution >= 0.6 is 0 Å². The summed E-state index contributed by atoms with van der Waals surface area (Å²) in [7, 11) is 1.66. The molecular weight excluding hydrogens is 320 g/mol. The molecular formula is C20H20O5. The molecule has 1 heterocycles. The van der Waals surface area contributed by atoms with Crippen LogP contribution < -0.4 is 0 Å². The number of cyclic esters (lactones) is 2. The van der Waals surface area contributed by atoms with Crippen molar-refractivity contribution in [2.45, 2.75) is 32.6 Å². The van der Waals surface area contributed by atoms with Gasteiger partial charge < -0.3 is 9.47 Å². The minimum atomic E-state index is -0.877. The fourth-order valence-electron chi connectivity index (χ4n) is 7.47. The van der Waals surface area contributed by atoms with E-state index in [1.54, 1.807) is 7.11 Å². The Labute approximate surface area is 145 Å². The topological polar surface area (TPSA) is 69.7 Å². The van der Waals surface area contributed by atoms with E-state index < -0.39 is 23.3 Å². The van der Waals surface area contributed by atoms with Crippen molar-refractivity contribution >= 4 is 17.7 Å². The third-order valence-corrected chi connectivity index (χ3v) is 8.53. The summed E-state index contributed by atoms with van der Waals surface area (Å²) >= 11 is 0. The molecule has 0 radical (unpaired) electrons. The lowest BCUT2D eigenvalue weighted by Crippen LogP contribution is -2.47. The van der Waals surface area contributed by atoms with Crippen molar-refractivity contribution in [3.63, 3.8) is 0 Å². The third-order valence-electron chi connectivity index (χ3n) is 8.53. The first-order chi connectivity index (χ1) is 11.9. The number of esters is 2. The summed E-state index contributed by atoms with van der Waals surface area (Å²) in [6.45, 7) is 1.85. The van der Waals surface area contributed by atoms with Gasteiger partial charge in [-0.2, -0.15) is 0 Å². The highest BCUT2D eigenvalue weighted by molar-refractivity contribution is 6.01. The lowest BCUT2D eigenvalue weighted by Gasteiger charge is -2.48. The highest BCUT2D eigenvalue weighted by Crippen LogP contribution is 2.89. The van der Waals surface area contributed by atoms with Gasteiger partial charge in [0.1, 0.15) is 11.5 Å². The van der Waals surface area contributed by atoms with Gasteiger partial charge in [-0.1, -0.05) is 11.6 Å². The molecule has 7 rings (SSSR count). The lowest BCUT2D eigenvalue weighted by atomic mass is 9.53. The summed E-state index contributed by atoms with van der Waals surface area (Å²) in [5, 5.41) is 0. The molecule has 25 heavy (non-hydrogen) atoms. The molecule has 2 spiro atoms. The van der Waals surface area contributed by atoms with Gasteiger partial charge in [-0.15, -0.1) is 0 Å². The molecule has 7 atom stereocenters. The van der Waals surface area contributed by atoms with Crippen LogP contribution in [0.15, 0.2) is 23.5 Å². The molecule has 4 bridgehead atoms. The summed E-state index contributed by atoms with van der Waals surface area (Å²) in [6.07, 6.45) is 7.52. The van der Waals surface area contributed by atoms with Gasteiger partial charge in [0.15, 0.2) is 0 Å². The molecule has 0 amide bonds. The monoisotopic (exact) mass is 340 g/mol. The van der Waals surface area contributed by atoms with E-state index in [1.165, 1.54) is 5.57 Å². The van der Waals surface area contributed by atoms with Gasteiger partial charge in [-0.25, -0.2) is 0 Å². The Kier molecular flexibility index (Phi) is 2.15. The van der Waals surface area contributed by atoms with Crippen molar-refractivity contribution in [3.8, 4) is 0 Å². The smallest absolute Gasteiger partial charge is 0.321 e. The van der Waals surface area contributed by atoms with E-state index in [4.69, 9.17) is 9.47 Å². The average molecular weight is 340 g/mol. The predicted octanol–water partition coefficient (Wildman–Crippen LogP) is 2.17. The molecule has 5 nitrogen and oxygen atoms in total. The second-order valence-corrected chi connectivity index (χ2v) is 8.87. The van der Waals surface area contributed by atoms with Crippen LogP contribution in [-0.4, -0.2) is 24.8 Å². The normalized spacial score (nSPS) is 54.1. The molecule has 5 heteroatoms. The van der Waals surface area contributed by atoms with Crippen LogP contribution in [0.1, 0.15) is 32.6 Å². The lowest BCUT2D eigenvalue weighted by molar-refractivity contribution is -0.155. The first-order valence-electron chi connectivity index (χ1n) is 9.19. The van der Waals surface area contributed by atoms with Crippen molar-refractivity contribution in [3.05, 3.63) is 23.5 Å². The van der Waals surface area contributed by atoms with Crippen LogP contribution in [0.25, 0.3) is 0 Å². The van der Waals surface area contributed by atoms with Gasteiger partial charge in [-0.05, 0) is 38.7 Å². The number of carbonyl (C=O) groups is 3. The number of ether oxygens (including phenoxy) is 2. The van der Waals surface area contributed by atoms with Crippen molar-refractivity contribution in [2.24, 2.45) is 39.9 Å². The van der Waals surface area contributed by atoms with E-state index >= 15 is 0 Å². The van der Waals surface area contributed by atoms with Gasteiger partial charge in [-0.3, -0.25) is 14.4 Å². The van der Waals surface area contributed by atoms with E-state index in [0.717, 1.165) is 25.0 Å². The second kappa shape index (κ2) is 3.76. The highest BCUT2D eigenvalue weighted by atomic mass is 16.6. The van der Waals surface area contributed by atoms with Crippen LogP contribution in [0.4, 0.5) is 0 Å². The number of carbonyl (C=O) groups excluding carboxylic acids is 3. The third kappa shape index (κ3) is 1.12. The van der Waals surface area contributed by atoms with Crippen LogP contribution in [0.2, 0.25) is 0 Å². The zero-order valence-corrected chi connectivity index (χ0v) is 14.3. The maximum atomic E-state index is 12.9. The van der Waals surface area contributed by atoms with E-state index in [-0.39, 0.29) is 28.6 Å². The van der Waals surface area contributed by atoms with Gasteiger partial charge in [0.05, 0.1) is 18.4 Å². The summed E-state index contributed by atoms with van der Waals surface area (Å²) in [5.41, 5.74) is -0.0309. The maximum absolute atomic E-state index is 12.9. The average Bonchev–Trinajstić information content (AvgIpc) is 3.07. The number of rotatable bonds is 1. The van der Waals surface area contributed by atoms with Crippen LogP contribution in [0.5, 0.6) is 0 Å². The molecule has 0 aromatic heterocycles. The van der Waals surface area contributed by atoms with Gasteiger partial charge in [0, 0.05) is 28.6 Å². The van der Waals surface area contributed by atoms with Crippen molar-refractivity contribution < 1.29 is 23.9 Å². The zero-order chi connectivity index (χ0) is 17.4. The zero-order valence-electron chi connectivity index (χ0n) is 14.3. The van der Waals surface area contributed by atoms with E-state index in [0.29, 0.717) is 12.2 Å². The summed E-state index contributed by atoms with van der Waals surface area (Å²) < 4.78 is 10.8. The standard InChI is InChI=1S/C20H20O5/c1-18-11(16(22)25-17(18)23)4-3-10-12(18)7-13(24-2)20-8-9-5-6-19(10,20)15(20)14(9)21/h3,7,9,11-12,15H,4-6,8H2,1-2H3/t9-,11?,12+,15?,18-,19+,20-/m1/s1. The number of ketones is 1. The van der Waals surface area contributed by atoms with Crippen molar-refractivity contribution in [2.75, 3.05) is 7.11 Å². The largest absolute Gasteiger partial charge is 0.501 e. The molecule has 0 N–H and O–H groups in total. The quantitative estimate of drug-likeness (QED) is 0.416. The van der Waals surface area contributed by atoms with Crippen LogP contribution in [-0.2, 0) is 23.9 Å².